The first-order valence-electron chi connectivity index (χ1n) is 8.71. The number of hydrogen-bond donors (Lipinski definition) is 1. The molecule has 0 aliphatic carbocycles. The lowest BCUT2D eigenvalue weighted by atomic mass is 9.94. The number of carbonyl (C=O) groups is 1. The Bertz CT molecular complexity index is 986. The van der Waals surface area contributed by atoms with Crippen molar-refractivity contribution < 1.29 is 9.53 Å². The van der Waals surface area contributed by atoms with Crippen LogP contribution < -0.4 is 4.74 Å². The van der Waals surface area contributed by atoms with Crippen LogP contribution in [0.5, 0.6) is 5.75 Å². The number of H-pyrrole nitrogens is 1. The van der Waals surface area contributed by atoms with E-state index in [1.807, 2.05) is 24.3 Å². The number of ketones is 1. The third-order valence-electron chi connectivity index (χ3n) is 4.88. The summed E-state index contributed by atoms with van der Waals surface area (Å²) < 4.78 is 5.19. The van der Waals surface area contributed by atoms with Crippen molar-refractivity contribution in [1.82, 2.24) is 14.9 Å². The van der Waals surface area contributed by atoms with Gasteiger partial charge in [-0.05, 0) is 55.4 Å². The molecule has 0 spiro atoms. The number of carbonyl (C=O) groups excluding carboxylic acids is 1. The molecule has 132 valence electrons. The van der Waals surface area contributed by atoms with Crippen LogP contribution in [0.1, 0.15) is 28.0 Å². The minimum Gasteiger partial charge on any atom is -0.497 e. The summed E-state index contributed by atoms with van der Waals surface area (Å²) in [5.41, 5.74) is 4.19. The topological polar surface area (TPSA) is 58.2 Å². The van der Waals surface area contributed by atoms with E-state index in [1.165, 1.54) is 5.57 Å². The van der Waals surface area contributed by atoms with Crippen molar-refractivity contribution in [3.63, 3.8) is 0 Å². The maximum absolute atomic E-state index is 13.2. The average Bonchev–Trinajstić information content (AvgIpc) is 3.07. The van der Waals surface area contributed by atoms with Crippen LogP contribution >= 0.6 is 0 Å². The van der Waals surface area contributed by atoms with Crippen LogP contribution in [-0.4, -0.2) is 47.9 Å². The van der Waals surface area contributed by atoms with Gasteiger partial charge in [0.1, 0.15) is 11.4 Å². The molecule has 2 aromatic heterocycles. The van der Waals surface area contributed by atoms with Crippen molar-refractivity contribution in [1.29, 1.82) is 0 Å². The zero-order valence-electron chi connectivity index (χ0n) is 15.0. The highest BCUT2D eigenvalue weighted by molar-refractivity contribution is 6.14. The van der Waals surface area contributed by atoms with Gasteiger partial charge in [-0.2, -0.15) is 0 Å². The van der Waals surface area contributed by atoms with Crippen molar-refractivity contribution >= 4 is 22.4 Å². The van der Waals surface area contributed by atoms with E-state index in [0.29, 0.717) is 11.3 Å². The molecule has 1 N–H and O–H groups in total. The zero-order chi connectivity index (χ0) is 18.1. The van der Waals surface area contributed by atoms with Crippen molar-refractivity contribution in [3.8, 4) is 5.75 Å². The van der Waals surface area contributed by atoms with Gasteiger partial charge in [0.25, 0.3) is 0 Å². The van der Waals surface area contributed by atoms with E-state index < -0.39 is 0 Å². The summed E-state index contributed by atoms with van der Waals surface area (Å²) in [4.78, 5) is 23.1. The fourth-order valence-electron chi connectivity index (χ4n) is 3.41. The van der Waals surface area contributed by atoms with E-state index >= 15 is 0 Å². The summed E-state index contributed by atoms with van der Waals surface area (Å²) >= 11 is 0. The second-order valence-corrected chi connectivity index (χ2v) is 6.57. The number of aromatic nitrogens is 2. The van der Waals surface area contributed by atoms with Crippen molar-refractivity contribution in [2.75, 3.05) is 27.2 Å². The predicted molar refractivity (Wildman–Crippen MR) is 103 cm³/mol. The summed E-state index contributed by atoms with van der Waals surface area (Å²) in [5.74, 6) is 0.707. The molecule has 0 fully saturated rings. The molecule has 0 amide bonds. The number of aromatic amines is 1. The molecule has 1 aromatic carbocycles. The zero-order valence-corrected chi connectivity index (χ0v) is 15.0. The Morgan fingerprint density at radius 3 is 2.73 bits per heavy atom. The van der Waals surface area contributed by atoms with E-state index in [2.05, 4.69) is 28.0 Å². The van der Waals surface area contributed by atoms with Crippen molar-refractivity contribution in [3.05, 3.63) is 65.5 Å². The first kappa shape index (κ1) is 16.5. The fourth-order valence-corrected chi connectivity index (χ4v) is 3.41. The molecule has 5 heteroatoms. The quantitative estimate of drug-likeness (QED) is 0.734. The fraction of sp³-hybridized carbons (Fsp3) is 0.238. The normalized spacial score (nSPS) is 15.1. The maximum Gasteiger partial charge on any atom is 0.209 e. The van der Waals surface area contributed by atoms with Crippen LogP contribution in [0.2, 0.25) is 0 Å². The van der Waals surface area contributed by atoms with Crippen LogP contribution in [0.3, 0.4) is 0 Å². The number of ether oxygens (including phenoxy) is 1. The molecule has 0 radical (unpaired) electrons. The number of pyridine rings is 1. The molecule has 0 saturated carbocycles. The summed E-state index contributed by atoms with van der Waals surface area (Å²) in [5, 5.41) is 1.00. The molecule has 3 aromatic rings. The molecule has 0 unspecified atom stereocenters. The molecule has 1 aliphatic rings. The first-order chi connectivity index (χ1) is 12.7. The number of fused-ring (bicyclic) bond motifs is 1. The van der Waals surface area contributed by atoms with Gasteiger partial charge in [-0.15, -0.1) is 0 Å². The van der Waals surface area contributed by atoms with Gasteiger partial charge in [0.2, 0.25) is 5.78 Å². The highest BCUT2D eigenvalue weighted by Crippen LogP contribution is 2.33. The van der Waals surface area contributed by atoms with Crippen LogP contribution in [0.25, 0.3) is 16.6 Å². The smallest absolute Gasteiger partial charge is 0.209 e. The lowest BCUT2D eigenvalue weighted by Crippen LogP contribution is -2.24. The summed E-state index contributed by atoms with van der Waals surface area (Å²) in [6, 6.07) is 11.2. The van der Waals surface area contributed by atoms with E-state index in [9.17, 15) is 4.79 Å². The Labute approximate surface area is 152 Å². The number of likely N-dealkylation sites (N-methyl/N-ethyl adjacent to an activating group) is 1. The van der Waals surface area contributed by atoms with E-state index in [4.69, 9.17) is 4.74 Å². The molecule has 1 aliphatic heterocycles. The van der Waals surface area contributed by atoms with E-state index in [1.54, 1.807) is 25.4 Å². The molecular formula is C21H21N3O2. The Morgan fingerprint density at radius 1 is 1.23 bits per heavy atom. The molecular weight excluding hydrogens is 326 g/mol. The van der Waals surface area contributed by atoms with Gasteiger partial charge in [0, 0.05) is 35.8 Å². The Kier molecular flexibility index (Phi) is 4.31. The SMILES string of the molecule is COc1ccc(C(=O)c2[nH]c3ncccc3c2C2=CCN(C)CC2)cc1. The molecule has 3 heterocycles. The second-order valence-electron chi connectivity index (χ2n) is 6.57. The maximum atomic E-state index is 13.2. The van der Waals surface area contributed by atoms with Gasteiger partial charge in [-0.25, -0.2) is 4.98 Å². The Balaban J connectivity index is 1.83. The summed E-state index contributed by atoms with van der Waals surface area (Å²) in [6.07, 6.45) is 4.87. The molecule has 0 bridgehead atoms. The highest BCUT2D eigenvalue weighted by atomic mass is 16.5. The van der Waals surface area contributed by atoms with Gasteiger partial charge >= 0.3 is 0 Å². The first-order valence-corrected chi connectivity index (χ1v) is 8.71. The average molecular weight is 347 g/mol. The van der Waals surface area contributed by atoms with Gasteiger partial charge < -0.3 is 14.6 Å². The molecule has 4 rings (SSSR count). The highest BCUT2D eigenvalue weighted by Gasteiger charge is 2.23. The summed E-state index contributed by atoms with van der Waals surface area (Å²) in [6.45, 7) is 1.87. The molecule has 0 saturated heterocycles. The van der Waals surface area contributed by atoms with Gasteiger partial charge in [0.05, 0.1) is 12.8 Å². The lowest BCUT2D eigenvalue weighted by Gasteiger charge is -2.22. The van der Waals surface area contributed by atoms with Gasteiger partial charge in [-0.1, -0.05) is 6.08 Å². The third-order valence-corrected chi connectivity index (χ3v) is 4.88. The second kappa shape index (κ2) is 6.77. The number of hydrogen-bond acceptors (Lipinski definition) is 4. The van der Waals surface area contributed by atoms with Crippen LogP contribution in [-0.2, 0) is 0 Å². The standard InChI is InChI=1S/C21H21N3O2/c1-24-12-9-14(10-13-24)18-17-4-3-11-22-21(17)23-19(18)20(25)15-5-7-16(26-2)8-6-15/h3-9,11H,10,12-13H2,1-2H3,(H,22,23). The number of benzene rings is 1. The largest absolute Gasteiger partial charge is 0.497 e. The van der Waals surface area contributed by atoms with E-state index in [0.717, 1.165) is 41.9 Å². The van der Waals surface area contributed by atoms with E-state index in [-0.39, 0.29) is 5.78 Å². The molecule has 0 atom stereocenters. The van der Waals surface area contributed by atoms with Crippen molar-refractivity contribution in [2.24, 2.45) is 0 Å². The Morgan fingerprint density at radius 2 is 2.04 bits per heavy atom. The van der Waals surface area contributed by atoms with Gasteiger partial charge in [0.15, 0.2) is 0 Å². The molecule has 26 heavy (non-hydrogen) atoms. The number of nitrogens with zero attached hydrogens (tertiary/aromatic N) is 2. The number of nitrogens with one attached hydrogen (secondary N) is 1. The minimum atomic E-state index is -0.0273. The number of methoxy groups -OCH3 is 1. The number of rotatable bonds is 4. The van der Waals surface area contributed by atoms with Gasteiger partial charge in [-0.3, -0.25) is 4.79 Å². The van der Waals surface area contributed by atoms with Crippen molar-refractivity contribution in [2.45, 2.75) is 6.42 Å². The van der Waals surface area contributed by atoms with Crippen LogP contribution in [0.4, 0.5) is 0 Å². The van der Waals surface area contributed by atoms with Crippen LogP contribution in [0, 0.1) is 0 Å². The molecule has 5 nitrogen and oxygen atoms in total. The minimum absolute atomic E-state index is 0.0273. The Hall–Kier alpha value is -2.92. The van der Waals surface area contributed by atoms with Crippen LogP contribution in [0.15, 0.2) is 48.7 Å². The monoisotopic (exact) mass is 347 g/mol. The third kappa shape index (κ3) is 2.91. The predicted octanol–water partition coefficient (Wildman–Crippen LogP) is 3.52. The summed E-state index contributed by atoms with van der Waals surface area (Å²) in [7, 11) is 3.72. The lowest BCUT2D eigenvalue weighted by molar-refractivity contribution is 0.103.